The summed E-state index contributed by atoms with van der Waals surface area (Å²) in [4.78, 5) is 34.4. The molecule has 1 aliphatic heterocycles. The number of aromatic nitrogens is 2. The topological polar surface area (TPSA) is 96.0 Å². The summed E-state index contributed by atoms with van der Waals surface area (Å²) in [7, 11) is 0. The number of rotatable bonds is 4. The predicted octanol–water partition coefficient (Wildman–Crippen LogP) is 5.84. The van der Waals surface area contributed by atoms with Gasteiger partial charge in [0, 0.05) is 33.6 Å². The average Bonchev–Trinajstić information content (AvgIpc) is 3.04. The van der Waals surface area contributed by atoms with Crippen molar-refractivity contribution in [2.45, 2.75) is 31.7 Å². The molecular formula is C29H24ClN5O2. The number of nitrogens with zero attached hydrogens (tertiary/aromatic N) is 2. The monoisotopic (exact) mass is 509 g/mol. The standard InChI is InChI=1S/C29H24ClN5O2/c30-20-10-13-23-25(15-20)33-26(36)14-19-16-31-29(35-27(19)23)32-21-11-8-18(9-12-21)28(37)34-24-7-3-5-17-4-1-2-6-22(17)24/h1-2,4,6,8-13,15-16,24H,3,5,7,14H2,(H,33,36)(H,34,37)(H,31,32,35). The number of fused-ring (bicyclic) bond motifs is 4. The Morgan fingerprint density at radius 2 is 1.86 bits per heavy atom. The smallest absolute Gasteiger partial charge is 0.251 e. The van der Waals surface area contributed by atoms with Crippen molar-refractivity contribution in [2.75, 3.05) is 10.6 Å². The van der Waals surface area contributed by atoms with Crippen LogP contribution < -0.4 is 16.0 Å². The third kappa shape index (κ3) is 4.78. The van der Waals surface area contributed by atoms with Crippen LogP contribution in [0.1, 0.15) is 45.9 Å². The van der Waals surface area contributed by atoms with E-state index in [2.05, 4.69) is 33.1 Å². The van der Waals surface area contributed by atoms with Gasteiger partial charge in [-0.3, -0.25) is 9.59 Å². The van der Waals surface area contributed by atoms with Crippen molar-refractivity contribution in [3.8, 4) is 11.3 Å². The molecule has 6 rings (SSSR count). The van der Waals surface area contributed by atoms with Crippen LogP contribution in [0.3, 0.4) is 0 Å². The fraction of sp³-hybridized carbons (Fsp3) is 0.172. The molecule has 2 amide bonds. The minimum Gasteiger partial charge on any atom is -0.345 e. The minimum atomic E-state index is -0.142. The van der Waals surface area contributed by atoms with Gasteiger partial charge in [-0.25, -0.2) is 9.97 Å². The molecule has 1 aromatic heterocycles. The summed E-state index contributed by atoms with van der Waals surface area (Å²) in [5.74, 6) is 0.157. The third-order valence-corrected chi connectivity index (χ3v) is 7.04. The first-order valence-corrected chi connectivity index (χ1v) is 12.6. The molecule has 0 saturated heterocycles. The number of carbonyl (C=O) groups is 2. The van der Waals surface area contributed by atoms with E-state index in [0.29, 0.717) is 27.9 Å². The molecule has 2 heterocycles. The van der Waals surface area contributed by atoms with Crippen LogP contribution >= 0.6 is 11.6 Å². The van der Waals surface area contributed by atoms with E-state index in [0.717, 1.165) is 36.1 Å². The Hall–Kier alpha value is -4.23. The number of benzene rings is 3. The first-order chi connectivity index (χ1) is 18.0. The molecule has 1 atom stereocenters. The van der Waals surface area contributed by atoms with Gasteiger partial charge in [-0.05, 0) is 72.9 Å². The fourth-order valence-electron chi connectivity index (χ4n) is 5.00. The highest BCUT2D eigenvalue weighted by Crippen LogP contribution is 2.35. The molecule has 4 aromatic rings. The largest absolute Gasteiger partial charge is 0.345 e. The predicted molar refractivity (Wildman–Crippen MR) is 144 cm³/mol. The molecule has 37 heavy (non-hydrogen) atoms. The number of hydrogen-bond donors (Lipinski definition) is 3. The first kappa shape index (κ1) is 23.2. The quantitative estimate of drug-likeness (QED) is 0.321. The van der Waals surface area contributed by atoms with Gasteiger partial charge in [-0.1, -0.05) is 35.9 Å². The van der Waals surface area contributed by atoms with E-state index in [9.17, 15) is 9.59 Å². The van der Waals surface area contributed by atoms with E-state index in [1.54, 1.807) is 30.5 Å². The number of amides is 2. The van der Waals surface area contributed by atoms with Crippen LogP contribution in [0.2, 0.25) is 5.02 Å². The van der Waals surface area contributed by atoms with Gasteiger partial charge in [0.15, 0.2) is 0 Å². The zero-order valence-corrected chi connectivity index (χ0v) is 20.7. The van der Waals surface area contributed by atoms with E-state index < -0.39 is 0 Å². The minimum absolute atomic E-state index is 0.0300. The number of nitrogens with one attached hydrogen (secondary N) is 3. The molecule has 0 fully saturated rings. The number of hydrogen-bond acceptors (Lipinski definition) is 5. The second kappa shape index (κ2) is 9.67. The zero-order valence-electron chi connectivity index (χ0n) is 19.9. The molecule has 3 aromatic carbocycles. The van der Waals surface area contributed by atoms with Gasteiger partial charge >= 0.3 is 0 Å². The fourth-order valence-corrected chi connectivity index (χ4v) is 5.17. The van der Waals surface area contributed by atoms with E-state index in [-0.39, 0.29) is 24.3 Å². The lowest BCUT2D eigenvalue weighted by molar-refractivity contribution is -0.115. The highest BCUT2D eigenvalue weighted by Gasteiger charge is 2.23. The molecule has 3 N–H and O–H groups in total. The molecule has 2 aliphatic rings. The van der Waals surface area contributed by atoms with Crippen LogP contribution in [0.25, 0.3) is 11.3 Å². The molecular weight excluding hydrogens is 486 g/mol. The SMILES string of the molecule is O=C1Cc2cnc(Nc3ccc(C(=O)NC4CCCc5ccccc54)cc3)nc2-c2ccc(Cl)cc2N1. The summed E-state index contributed by atoms with van der Waals surface area (Å²) in [5.41, 5.74) is 6.67. The molecule has 0 radical (unpaired) electrons. The zero-order chi connectivity index (χ0) is 25.4. The molecule has 1 unspecified atom stereocenters. The molecule has 1 aliphatic carbocycles. The van der Waals surface area contributed by atoms with E-state index in [1.165, 1.54) is 11.1 Å². The van der Waals surface area contributed by atoms with Gasteiger partial charge in [-0.2, -0.15) is 0 Å². The van der Waals surface area contributed by atoms with E-state index in [4.69, 9.17) is 16.6 Å². The molecule has 0 bridgehead atoms. The van der Waals surface area contributed by atoms with Gasteiger partial charge in [-0.15, -0.1) is 0 Å². The van der Waals surface area contributed by atoms with Crippen molar-refractivity contribution in [3.05, 3.63) is 100 Å². The maximum Gasteiger partial charge on any atom is 0.251 e. The summed E-state index contributed by atoms with van der Waals surface area (Å²) in [6, 6.07) is 20.9. The maximum absolute atomic E-state index is 13.0. The maximum atomic E-state index is 13.0. The van der Waals surface area contributed by atoms with Crippen molar-refractivity contribution in [1.82, 2.24) is 15.3 Å². The Morgan fingerprint density at radius 3 is 2.73 bits per heavy atom. The van der Waals surface area contributed by atoms with Crippen LogP contribution in [0.5, 0.6) is 0 Å². The van der Waals surface area contributed by atoms with Gasteiger partial charge < -0.3 is 16.0 Å². The highest BCUT2D eigenvalue weighted by atomic mass is 35.5. The van der Waals surface area contributed by atoms with Crippen molar-refractivity contribution in [1.29, 1.82) is 0 Å². The summed E-state index contributed by atoms with van der Waals surface area (Å²) >= 11 is 6.13. The number of halogens is 1. The Labute approximate surface area is 219 Å². The highest BCUT2D eigenvalue weighted by molar-refractivity contribution is 6.31. The van der Waals surface area contributed by atoms with Crippen molar-refractivity contribution < 1.29 is 9.59 Å². The summed E-state index contributed by atoms with van der Waals surface area (Å²) in [5, 5.41) is 9.81. The lowest BCUT2D eigenvalue weighted by atomic mass is 9.87. The molecule has 7 nitrogen and oxygen atoms in total. The van der Waals surface area contributed by atoms with Crippen LogP contribution in [0.15, 0.2) is 72.9 Å². The second-order valence-corrected chi connectivity index (χ2v) is 9.74. The molecule has 0 spiro atoms. The van der Waals surface area contributed by atoms with Gasteiger partial charge in [0.2, 0.25) is 11.9 Å². The van der Waals surface area contributed by atoms with Crippen molar-refractivity contribution in [2.24, 2.45) is 0 Å². The Kier molecular flexibility index (Phi) is 6.06. The normalized spacial score (nSPS) is 15.9. The van der Waals surface area contributed by atoms with E-state index >= 15 is 0 Å². The van der Waals surface area contributed by atoms with Crippen LogP contribution in [0.4, 0.5) is 17.3 Å². The van der Waals surface area contributed by atoms with E-state index in [1.807, 2.05) is 30.3 Å². The van der Waals surface area contributed by atoms with Crippen LogP contribution in [0, 0.1) is 0 Å². The van der Waals surface area contributed by atoms with Crippen molar-refractivity contribution >= 4 is 40.7 Å². The van der Waals surface area contributed by atoms with Gasteiger partial charge in [0.05, 0.1) is 23.8 Å². The van der Waals surface area contributed by atoms with Gasteiger partial charge in [0.1, 0.15) is 0 Å². The average molecular weight is 510 g/mol. The Morgan fingerprint density at radius 1 is 1.03 bits per heavy atom. The number of anilines is 3. The van der Waals surface area contributed by atoms with Crippen LogP contribution in [-0.4, -0.2) is 21.8 Å². The summed E-state index contributed by atoms with van der Waals surface area (Å²) < 4.78 is 0. The van der Waals surface area contributed by atoms with Crippen molar-refractivity contribution in [3.63, 3.8) is 0 Å². The molecule has 0 saturated carbocycles. The molecule has 184 valence electrons. The third-order valence-electron chi connectivity index (χ3n) is 6.80. The molecule has 8 heteroatoms. The lowest BCUT2D eigenvalue weighted by Gasteiger charge is -2.26. The Balaban J connectivity index is 1.19. The number of carbonyl (C=O) groups excluding carboxylic acids is 2. The van der Waals surface area contributed by atoms with Crippen LogP contribution in [-0.2, 0) is 17.6 Å². The first-order valence-electron chi connectivity index (χ1n) is 12.2. The lowest BCUT2D eigenvalue weighted by Crippen LogP contribution is -2.30. The second-order valence-electron chi connectivity index (χ2n) is 9.30. The summed E-state index contributed by atoms with van der Waals surface area (Å²) in [6.45, 7) is 0. The number of aryl methyl sites for hydroxylation is 1. The Bertz CT molecular complexity index is 1520. The summed E-state index contributed by atoms with van der Waals surface area (Å²) in [6.07, 6.45) is 4.90. The van der Waals surface area contributed by atoms with Gasteiger partial charge in [0.25, 0.3) is 5.91 Å².